The summed E-state index contributed by atoms with van der Waals surface area (Å²) in [4.78, 5) is 5.25. The number of aliphatic hydroxyl groups excluding tert-OH is 1. The van der Waals surface area contributed by atoms with E-state index in [0.717, 1.165) is 32.5 Å². The number of fused-ring (bicyclic) bond motifs is 1. The molecule has 138 valence electrons. The van der Waals surface area contributed by atoms with E-state index >= 15 is 0 Å². The van der Waals surface area contributed by atoms with Crippen LogP contribution in [0.4, 0.5) is 5.69 Å². The second-order valence-electron chi connectivity index (χ2n) is 6.15. The minimum atomic E-state index is -0.735. The van der Waals surface area contributed by atoms with Gasteiger partial charge in [-0.25, -0.2) is 9.50 Å². The van der Waals surface area contributed by atoms with Crippen molar-refractivity contribution in [3.8, 4) is 10.6 Å². The zero-order valence-corrected chi connectivity index (χ0v) is 16.7. The Balaban J connectivity index is 1.44. The Morgan fingerprint density at radius 1 is 1.15 bits per heavy atom. The van der Waals surface area contributed by atoms with Gasteiger partial charge in [-0.3, -0.25) is 0 Å². The highest BCUT2D eigenvalue weighted by molar-refractivity contribution is 7.20. The largest absolute Gasteiger partial charge is 0.373 e. The monoisotopic (exact) mass is 418 g/mol. The SMILES string of the molecule is Cc1ncc2sc(-c3ccc(NC(O)Cc4ccc(Cl)c(Cl)c4)cc3)nn12. The van der Waals surface area contributed by atoms with E-state index in [-0.39, 0.29) is 0 Å². The number of halogens is 2. The third-order valence-electron chi connectivity index (χ3n) is 4.15. The standard InChI is InChI=1S/C19H16Cl2N4OS/c1-11-22-10-18-25(11)24-19(27-18)13-3-5-14(6-4-13)23-17(26)9-12-2-7-15(20)16(21)8-12/h2-8,10,17,23,26H,9H2,1H3. The molecule has 0 aliphatic heterocycles. The number of aromatic nitrogens is 3. The molecule has 0 fully saturated rings. The van der Waals surface area contributed by atoms with E-state index in [1.807, 2.05) is 48.0 Å². The summed E-state index contributed by atoms with van der Waals surface area (Å²) in [7, 11) is 0. The Labute approximate surface area is 170 Å². The number of aliphatic hydroxyl groups is 1. The topological polar surface area (TPSA) is 62.5 Å². The first kappa shape index (κ1) is 18.3. The smallest absolute Gasteiger partial charge is 0.146 e. The van der Waals surface area contributed by atoms with E-state index < -0.39 is 6.23 Å². The third-order valence-corrected chi connectivity index (χ3v) is 5.88. The van der Waals surface area contributed by atoms with Crippen molar-refractivity contribution < 1.29 is 5.11 Å². The average molecular weight is 419 g/mol. The Morgan fingerprint density at radius 3 is 2.63 bits per heavy atom. The Morgan fingerprint density at radius 2 is 1.93 bits per heavy atom. The number of nitrogens with zero attached hydrogens (tertiary/aromatic N) is 3. The van der Waals surface area contributed by atoms with Gasteiger partial charge in [0.05, 0.1) is 16.2 Å². The molecule has 0 spiro atoms. The van der Waals surface area contributed by atoms with Crippen LogP contribution in [0, 0.1) is 6.92 Å². The van der Waals surface area contributed by atoms with Crippen LogP contribution in [0.1, 0.15) is 11.4 Å². The number of nitrogens with one attached hydrogen (secondary N) is 1. The number of benzene rings is 2. The molecule has 1 atom stereocenters. The van der Waals surface area contributed by atoms with E-state index in [4.69, 9.17) is 23.2 Å². The number of hydrogen-bond acceptors (Lipinski definition) is 5. The molecule has 8 heteroatoms. The molecular formula is C19H16Cl2N4OS. The quantitative estimate of drug-likeness (QED) is 0.445. The molecule has 0 aliphatic rings. The van der Waals surface area contributed by atoms with Crippen LogP contribution in [-0.2, 0) is 6.42 Å². The second kappa shape index (κ2) is 7.48. The second-order valence-corrected chi connectivity index (χ2v) is 7.98. The van der Waals surface area contributed by atoms with Gasteiger partial charge in [0.2, 0.25) is 0 Å². The molecule has 1 unspecified atom stereocenters. The van der Waals surface area contributed by atoms with Gasteiger partial charge >= 0.3 is 0 Å². The fraction of sp³-hybridized carbons (Fsp3) is 0.158. The van der Waals surface area contributed by atoms with Gasteiger partial charge in [0, 0.05) is 17.7 Å². The van der Waals surface area contributed by atoms with Crippen molar-refractivity contribution in [1.82, 2.24) is 14.6 Å². The van der Waals surface area contributed by atoms with E-state index in [1.165, 1.54) is 0 Å². The molecule has 2 heterocycles. The van der Waals surface area contributed by atoms with Crippen LogP contribution >= 0.6 is 34.5 Å². The van der Waals surface area contributed by atoms with E-state index in [9.17, 15) is 5.11 Å². The van der Waals surface area contributed by atoms with Gasteiger partial charge in [-0.2, -0.15) is 5.10 Å². The molecule has 0 amide bonds. The highest BCUT2D eigenvalue weighted by atomic mass is 35.5. The summed E-state index contributed by atoms with van der Waals surface area (Å²) in [5.74, 6) is 0.871. The van der Waals surface area contributed by atoms with Crippen LogP contribution < -0.4 is 5.32 Å². The molecule has 4 rings (SSSR count). The highest BCUT2D eigenvalue weighted by Crippen LogP contribution is 2.28. The summed E-state index contributed by atoms with van der Waals surface area (Å²) in [6, 6.07) is 13.2. The number of rotatable bonds is 5. The molecule has 2 N–H and O–H groups in total. The summed E-state index contributed by atoms with van der Waals surface area (Å²) >= 11 is 13.5. The van der Waals surface area contributed by atoms with Gasteiger partial charge in [0.15, 0.2) is 0 Å². The van der Waals surface area contributed by atoms with Crippen molar-refractivity contribution in [3.05, 3.63) is 70.1 Å². The number of hydrogen-bond donors (Lipinski definition) is 2. The normalized spacial score (nSPS) is 12.4. The van der Waals surface area contributed by atoms with Crippen LogP contribution in [0.5, 0.6) is 0 Å². The maximum absolute atomic E-state index is 10.3. The van der Waals surface area contributed by atoms with Gasteiger partial charge in [-0.1, -0.05) is 40.6 Å². The van der Waals surface area contributed by atoms with Crippen molar-refractivity contribution >= 4 is 45.1 Å². The molecule has 4 aromatic rings. The van der Waals surface area contributed by atoms with Gasteiger partial charge in [0.1, 0.15) is 21.9 Å². The Bertz CT molecular complexity index is 1090. The summed E-state index contributed by atoms with van der Waals surface area (Å²) in [5, 5.41) is 19.9. The molecule has 0 bridgehead atoms. The van der Waals surface area contributed by atoms with Gasteiger partial charge < -0.3 is 10.4 Å². The molecule has 5 nitrogen and oxygen atoms in total. The minimum absolute atomic E-state index is 0.420. The summed E-state index contributed by atoms with van der Waals surface area (Å²) in [6.07, 6.45) is 1.51. The van der Waals surface area contributed by atoms with Crippen LogP contribution in [0.3, 0.4) is 0 Å². The van der Waals surface area contributed by atoms with E-state index in [2.05, 4.69) is 15.4 Å². The number of aryl methyl sites for hydroxylation is 1. The highest BCUT2D eigenvalue weighted by Gasteiger charge is 2.10. The van der Waals surface area contributed by atoms with E-state index in [0.29, 0.717) is 16.5 Å². The summed E-state index contributed by atoms with van der Waals surface area (Å²) < 4.78 is 1.84. The van der Waals surface area contributed by atoms with Gasteiger partial charge in [0.25, 0.3) is 0 Å². The minimum Gasteiger partial charge on any atom is -0.373 e. The first-order valence-corrected chi connectivity index (χ1v) is 9.87. The zero-order chi connectivity index (χ0) is 19.0. The lowest BCUT2D eigenvalue weighted by atomic mass is 10.1. The van der Waals surface area contributed by atoms with Gasteiger partial charge in [-0.15, -0.1) is 0 Å². The molecule has 0 saturated carbocycles. The first-order chi connectivity index (χ1) is 13.0. The molecule has 27 heavy (non-hydrogen) atoms. The van der Waals surface area contributed by atoms with Crippen LogP contribution in [0.25, 0.3) is 15.4 Å². The van der Waals surface area contributed by atoms with Crippen molar-refractivity contribution in [2.75, 3.05) is 5.32 Å². The van der Waals surface area contributed by atoms with E-state index in [1.54, 1.807) is 23.5 Å². The molecule has 0 radical (unpaired) electrons. The lowest BCUT2D eigenvalue weighted by Gasteiger charge is -2.15. The van der Waals surface area contributed by atoms with Crippen LogP contribution in [-0.4, -0.2) is 25.9 Å². The average Bonchev–Trinajstić information content (AvgIpc) is 3.21. The zero-order valence-electron chi connectivity index (χ0n) is 14.4. The molecule has 2 aromatic carbocycles. The molecular weight excluding hydrogens is 403 g/mol. The maximum atomic E-state index is 10.3. The summed E-state index contributed by atoms with van der Waals surface area (Å²) in [6.45, 7) is 1.93. The number of imidazole rings is 1. The lowest BCUT2D eigenvalue weighted by molar-refractivity contribution is 0.204. The third kappa shape index (κ3) is 3.94. The van der Waals surface area contributed by atoms with Gasteiger partial charge in [-0.05, 0) is 48.9 Å². The molecule has 0 saturated heterocycles. The predicted octanol–water partition coefficient (Wildman–Crippen LogP) is 5.05. The molecule has 0 aliphatic carbocycles. The fourth-order valence-electron chi connectivity index (χ4n) is 2.78. The summed E-state index contributed by atoms with van der Waals surface area (Å²) in [5.41, 5.74) is 2.75. The van der Waals surface area contributed by atoms with Crippen molar-refractivity contribution in [2.45, 2.75) is 19.6 Å². The first-order valence-electron chi connectivity index (χ1n) is 8.30. The predicted molar refractivity (Wildman–Crippen MR) is 111 cm³/mol. The fourth-order valence-corrected chi connectivity index (χ4v) is 4.04. The van der Waals surface area contributed by atoms with Crippen molar-refractivity contribution in [1.29, 1.82) is 0 Å². The van der Waals surface area contributed by atoms with Crippen LogP contribution in [0.2, 0.25) is 10.0 Å². The van der Waals surface area contributed by atoms with Crippen LogP contribution in [0.15, 0.2) is 48.7 Å². The van der Waals surface area contributed by atoms with Crippen molar-refractivity contribution in [3.63, 3.8) is 0 Å². The Hall–Kier alpha value is -2.12. The number of anilines is 1. The lowest BCUT2D eigenvalue weighted by Crippen LogP contribution is -2.21. The van der Waals surface area contributed by atoms with Crippen molar-refractivity contribution in [2.24, 2.45) is 0 Å². The maximum Gasteiger partial charge on any atom is 0.146 e. The molecule has 2 aromatic heterocycles. The Kier molecular flexibility index (Phi) is 5.06.